The molecule has 1 saturated heterocycles. The minimum Gasteiger partial charge on any atom is -0.390 e. The number of aliphatic hydroxyl groups is 1. The van der Waals surface area contributed by atoms with Gasteiger partial charge in [-0.05, 0) is 32.8 Å². The fourth-order valence-electron chi connectivity index (χ4n) is 1.83. The molecule has 2 atom stereocenters. The van der Waals surface area contributed by atoms with Crippen LogP contribution in [-0.4, -0.2) is 23.4 Å². The topological polar surface area (TPSA) is 32.8 Å². The van der Waals surface area contributed by atoms with Crippen molar-refractivity contribution < 1.29 is 9.84 Å². The Hall–Kier alpha value is -0.600. The zero-order valence-electron chi connectivity index (χ0n) is 10.2. The van der Waals surface area contributed by atoms with E-state index in [1.165, 1.54) is 11.1 Å². The molecule has 0 bridgehead atoms. The van der Waals surface area contributed by atoms with Crippen molar-refractivity contribution in [2.75, 3.05) is 6.61 Å². The molecule has 86 valence electrons. The molecule has 1 N–H and O–H groups in total. The van der Waals surface area contributed by atoms with E-state index in [1.807, 2.05) is 13.8 Å². The highest BCUT2D eigenvalue weighted by atomic mass is 16.6. The third-order valence-electron chi connectivity index (χ3n) is 2.86. The van der Waals surface area contributed by atoms with Gasteiger partial charge in [0.15, 0.2) is 0 Å². The molecule has 0 aromatic heterocycles. The number of hydrogen-bond acceptors (Lipinski definition) is 2. The molecule has 2 heteroatoms. The quantitative estimate of drug-likeness (QED) is 0.559. The molecule has 0 aromatic rings. The number of allylic oxidation sites excluding steroid dienone is 3. The van der Waals surface area contributed by atoms with Crippen LogP contribution in [0.15, 0.2) is 23.3 Å². The molecule has 15 heavy (non-hydrogen) atoms. The van der Waals surface area contributed by atoms with E-state index < -0.39 is 0 Å². The molecule has 0 spiro atoms. The number of ether oxygens (including phenoxy) is 1. The zero-order chi connectivity index (χ0) is 11.5. The highest BCUT2D eigenvalue weighted by Crippen LogP contribution is 2.39. The molecule has 1 fully saturated rings. The Balaban J connectivity index is 2.64. The Morgan fingerprint density at radius 1 is 1.53 bits per heavy atom. The summed E-state index contributed by atoms with van der Waals surface area (Å²) in [6, 6.07) is 0. The number of epoxide rings is 1. The van der Waals surface area contributed by atoms with E-state index in [0.29, 0.717) is 6.61 Å². The first-order chi connectivity index (χ1) is 7.04. The Labute approximate surface area is 92.6 Å². The Morgan fingerprint density at radius 3 is 2.47 bits per heavy atom. The molecule has 1 rings (SSSR count). The third-order valence-corrected chi connectivity index (χ3v) is 2.86. The van der Waals surface area contributed by atoms with E-state index >= 15 is 0 Å². The van der Waals surface area contributed by atoms with Crippen LogP contribution in [0.4, 0.5) is 0 Å². The summed E-state index contributed by atoms with van der Waals surface area (Å²) < 4.78 is 5.44. The van der Waals surface area contributed by atoms with Crippen LogP contribution in [0.25, 0.3) is 0 Å². The Morgan fingerprint density at radius 2 is 2.13 bits per heavy atom. The van der Waals surface area contributed by atoms with Crippen LogP contribution in [0.2, 0.25) is 0 Å². The second-order valence-corrected chi connectivity index (χ2v) is 4.54. The Bertz CT molecular complexity index is 268. The van der Waals surface area contributed by atoms with Gasteiger partial charge in [0.2, 0.25) is 0 Å². The Kier molecular flexibility index (Phi) is 4.12. The van der Waals surface area contributed by atoms with E-state index in [4.69, 9.17) is 4.74 Å². The van der Waals surface area contributed by atoms with Gasteiger partial charge in [-0.25, -0.2) is 0 Å². The summed E-state index contributed by atoms with van der Waals surface area (Å²) in [6.45, 7) is 8.88. The van der Waals surface area contributed by atoms with Gasteiger partial charge in [-0.3, -0.25) is 0 Å². The fraction of sp³-hybridized carbons (Fsp3) is 0.692. The van der Waals surface area contributed by atoms with Crippen molar-refractivity contribution in [2.24, 2.45) is 0 Å². The second-order valence-electron chi connectivity index (χ2n) is 4.54. The minimum atomic E-state index is -0.335. The van der Waals surface area contributed by atoms with Crippen LogP contribution < -0.4 is 0 Å². The van der Waals surface area contributed by atoms with E-state index in [2.05, 4.69) is 26.0 Å². The van der Waals surface area contributed by atoms with E-state index in [0.717, 1.165) is 12.8 Å². The monoisotopic (exact) mass is 210 g/mol. The summed E-state index contributed by atoms with van der Waals surface area (Å²) in [5.41, 5.74) is 2.24. The van der Waals surface area contributed by atoms with Crippen LogP contribution in [0.3, 0.4) is 0 Å². The maximum absolute atomic E-state index is 9.85. The smallest absolute Gasteiger partial charge is 0.121 e. The van der Waals surface area contributed by atoms with Crippen molar-refractivity contribution in [1.29, 1.82) is 0 Å². The molecular weight excluding hydrogens is 188 g/mol. The molecular formula is C13H22O2. The van der Waals surface area contributed by atoms with Gasteiger partial charge in [0.25, 0.3) is 0 Å². The predicted octanol–water partition coefficient (Wildman–Crippen LogP) is 2.83. The lowest BCUT2D eigenvalue weighted by Crippen LogP contribution is -2.29. The molecule has 0 radical (unpaired) electrons. The molecule has 0 aromatic carbocycles. The first-order valence-electron chi connectivity index (χ1n) is 5.66. The third kappa shape index (κ3) is 3.18. The van der Waals surface area contributed by atoms with Gasteiger partial charge in [-0.15, -0.1) is 0 Å². The summed E-state index contributed by atoms with van der Waals surface area (Å²) in [7, 11) is 0. The average molecular weight is 210 g/mol. The molecule has 0 saturated carbocycles. The van der Waals surface area contributed by atoms with Crippen LogP contribution >= 0.6 is 0 Å². The average Bonchev–Trinajstić information content (AvgIpc) is 2.96. The van der Waals surface area contributed by atoms with E-state index in [-0.39, 0.29) is 11.7 Å². The van der Waals surface area contributed by atoms with Crippen molar-refractivity contribution in [1.82, 2.24) is 0 Å². The molecule has 1 aliphatic rings. The summed E-state index contributed by atoms with van der Waals surface area (Å²) in [4.78, 5) is 0. The lowest BCUT2D eigenvalue weighted by Gasteiger charge is -2.18. The first-order valence-corrected chi connectivity index (χ1v) is 5.66. The van der Waals surface area contributed by atoms with Crippen LogP contribution in [0, 0.1) is 0 Å². The van der Waals surface area contributed by atoms with Crippen molar-refractivity contribution >= 4 is 0 Å². The lowest BCUT2D eigenvalue weighted by atomic mass is 9.92. The standard InChI is InChI=1S/C13H22O2/c1-5-11(7-10(3)4)8-13(9-15-13)12(14)6-2/h5,7,12,14H,6,8-9H2,1-4H3. The van der Waals surface area contributed by atoms with Gasteiger partial charge >= 0.3 is 0 Å². The number of aliphatic hydroxyl groups excluding tert-OH is 1. The number of hydrogen-bond donors (Lipinski definition) is 1. The van der Waals surface area contributed by atoms with Gasteiger partial charge in [-0.1, -0.05) is 24.6 Å². The normalized spacial score (nSPS) is 27.4. The van der Waals surface area contributed by atoms with Gasteiger partial charge < -0.3 is 9.84 Å². The summed E-state index contributed by atoms with van der Waals surface area (Å²) in [5.74, 6) is 0. The minimum absolute atomic E-state index is 0.289. The van der Waals surface area contributed by atoms with Crippen LogP contribution in [0.1, 0.15) is 40.5 Å². The van der Waals surface area contributed by atoms with Crippen molar-refractivity contribution in [2.45, 2.75) is 52.2 Å². The molecule has 2 nitrogen and oxygen atoms in total. The summed E-state index contributed by atoms with van der Waals surface area (Å²) in [5, 5.41) is 9.85. The summed E-state index contributed by atoms with van der Waals surface area (Å²) >= 11 is 0. The molecule has 2 unspecified atom stereocenters. The fourth-order valence-corrected chi connectivity index (χ4v) is 1.83. The maximum Gasteiger partial charge on any atom is 0.121 e. The van der Waals surface area contributed by atoms with Crippen LogP contribution in [0.5, 0.6) is 0 Å². The van der Waals surface area contributed by atoms with Crippen LogP contribution in [-0.2, 0) is 4.74 Å². The largest absolute Gasteiger partial charge is 0.390 e. The van der Waals surface area contributed by atoms with E-state index in [1.54, 1.807) is 0 Å². The molecule has 1 aliphatic heterocycles. The van der Waals surface area contributed by atoms with Crippen molar-refractivity contribution in [3.63, 3.8) is 0 Å². The zero-order valence-corrected chi connectivity index (χ0v) is 10.2. The highest BCUT2D eigenvalue weighted by Gasteiger charge is 2.50. The molecule has 1 heterocycles. The summed E-state index contributed by atoms with van der Waals surface area (Å²) in [6.07, 6.45) is 5.50. The van der Waals surface area contributed by atoms with Gasteiger partial charge in [0.05, 0.1) is 12.7 Å². The lowest BCUT2D eigenvalue weighted by molar-refractivity contribution is 0.0719. The van der Waals surface area contributed by atoms with Gasteiger partial charge in [0, 0.05) is 6.42 Å². The SMILES string of the molecule is CC=C(C=C(C)C)CC1(C(O)CC)CO1. The van der Waals surface area contributed by atoms with Gasteiger partial charge in [-0.2, -0.15) is 0 Å². The van der Waals surface area contributed by atoms with E-state index in [9.17, 15) is 5.11 Å². The van der Waals surface area contributed by atoms with Crippen molar-refractivity contribution in [3.05, 3.63) is 23.3 Å². The highest BCUT2D eigenvalue weighted by molar-refractivity contribution is 5.25. The first kappa shape index (κ1) is 12.5. The number of rotatable bonds is 5. The second kappa shape index (κ2) is 4.95. The van der Waals surface area contributed by atoms with Gasteiger partial charge in [0.1, 0.15) is 5.60 Å². The molecule has 0 aliphatic carbocycles. The molecule has 0 amide bonds. The van der Waals surface area contributed by atoms with Crippen molar-refractivity contribution in [3.8, 4) is 0 Å². The predicted molar refractivity (Wildman–Crippen MR) is 62.8 cm³/mol. The maximum atomic E-state index is 9.85.